The van der Waals surface area contributed by atoms with Gasteiger partial charge in [0.2, 0.25) is 0 Å². The van der Waals surface area contributed by atoms with Crippen molar-refractivity contribution >= 4 is 0 Å². The normalized spacial score (nSPS) is 24.5. The second-order valence-corrected chi connectivity index (χ2v) is 3.61. The van der Waals surface area contributed by atoms with Gasteiger partial charge in [0.15, 0.2) is 0 Å². The van der Waals surface area contributed by atoms with Gasteiger partial charge in [-0.05, 0) is 19.4 Å². The van der Waals surface area contributed by atoms with Crippen LogP contribution in [0.15, 0.2) is 24.3 Å². The molecule has 1 saturated heterocycles. The standard InChI is InChI=1S/C11H15NO.C2H6/c1-8-3-5-10(6-4-8)11-7-13-9(2)12-11;1-2/h3-6,9,11-12H,7H2,1-2H3;1-2H3. The molecule has 0 saturated carbocycles. The molecule has 1 heterocycles. The zero-order valence-corrected chi connectivity index (χ0v) is 10.1. The molecule has 1 aliphatic rings. The SMILES string of the molecule is CC.Cc1ccc(C2COC(C)N2)cc1. The molecule has 1 N–H and O–H groups in total. The summed E-state index contributed by atoms with van der Waals surface area (Å²) in [5.41, 5.74) is 2.62. The molecule has 2 unspecified atom stereocenters. The van der Waals surface area contributed by atoms with Crippen LogP contribution in [0.5, 0.6) is 0 Å². The number of hydrogen-bond donors (Lipinski definition) is 1. The third-order valence-electron chi connectivity index (χ3n) is 2.43. The number of rotatable bonds is 1. The monoisotopic (exact) mass is 207 g/mol. The topological polar surface area (TPSA) is 21.3 Å². The van der Waals surface area contributed by atoms with E-state index in [9.17, 15) is 0 Å². The second kappa shape index (κ2) is 5.89. The largest absolute Gasteiger partial charge is 0.362 e. The maximum atomic E-state index is 5.44. The summed E-state index contributed by atoms with van der Waals surface area (Å²) in [5.74, 6) is 0. The van der Waals surface area contributed by atoms with E-state index in [1.165, 1.54) is 11.1 Å². The van der Waals surface area contributed by atoms with Crippen LogP contribution < -0.4 is 5.32 Å². The molecule has 1 aliphatic heterocycles. The molecule has 1 fully saturated rings. The van der Waals surface area contributed by atoms with E-state index < -0.39 is 0 Å². The van der Waals surface area contributed by atoms with Crippen molar-refractivity contribution in [2.75, 3.05) is 6.61 Å². The van der Waals surface area contributed by atoms with E-state index in [0.29, 0.717) is 6.04 Å². The molecule has 2 nitrogen and oxygen atoms in total. The second-order valence-electron chi connectivity index (χ2n) is 3.61. The summed E-state index contributed by atoms with van der Waals surface area (Å²) in [6.45, 7) is 8.92. The van der Waals surface area contributed by atoms with Gasteiger partial charge < -0.3 is 4.74 Å². The van der Waals surface area contributed by atoms with E-state index in [1.54, 1.807) is 0 Å². The number of benzene rings is 1. The Balaban J connectivity index is 0.000000531. The molecule has 0 amide bonds. The summed E-state index contributed by atoms with van der Waals surface area (Å²) < 4.78 is 5.44. The maximum absolute atomic E-state index is 5.44. The van der Waals surface area contributed by atoms with Crippen molar-refractivity contribution in [1.82, 2.24) is 5.32 Å². The predicted molar refractivity (Wildman–Crippen MR) is 63.8 cm³/mol. The van der Waals surface area contributed by atoms with Gasteiger partial charge in [0.05, 0.1) is 12.6 Å². The Hall–Kier alpha value is -0.860. The average Bonchev–Trinajstić information content (AvgIpc) is 2.69. The van der Waals surface area contributed by atoms with Crippen molar-refractivity contribution in [3.63, 3.8) is 0 Å². The van der Waals surface area contributed by atoms with Crippen LogP contribution in [0.3, 0.4) is 0 Å². The van der Waals surface area contributed by atoms with E-state index in [2.05, 4.69) is 36.5 Å². The molecule has 1 aromatic rings. The van der Waals surface area contributed by atoms with Gasteiger partial charge in [0, 0.05) is 0 Å². The molecule has 15 heavy (non-hydrogen) atoms. The summed E-state index contributed by atoms with van der Waals surface area (Å²) in [6.07, 6.45) is 0.186. The molecule has 0 radical (unpaired) electrons. The minimum absolute atomic E-state index is 0.186. The van der Waals surface area contributed by atoms with Crippen molar-refractivity contribution in [2.24, 2.45) is 0 Å². The van der Waals surface area contributed by atoms with Gasteiger partial charge in [-0.2, -0.15) is 0 Å². The Morgan fingerprint density at radius 2 is 1.80 bits per heavy atom. The van der Waals surface area contributed by atoms with E-state index in [-0.39, 0.29) is 6.23 Å². The van der Waals surface area contributed by atoms with Crippen LogP contribution in [0.4, 0.5) is 0 Å². The zero-order valence-electron chi connectivity index (χ0n) is 10.1. The van der Waals surface area contributed by atoms with Crippen LogP contribution >= 0.6 is 0 Å². The van der Waals surface area contributed by atoms with Crippen LogP contribution in [-0.2, 0) is 4.74 Å². The minimum atomic E-state index is 0.186. The van der Waals surface area contributed by atoms with Crippen LogP contribution in [0.2, 0.25) is 0 Å². The van der Waals surface area contributed by atoms with Crippen LogP contribution in [0.1, 0.15) is 37.9 Å². The highest BCUT2D eigenvalue weighted by Crippen LogP contribution is 2.19. The molecule has 2 rings (SSSR count). The number of ether oxygens (including phenoxy) is 1. The molecular formula is C13H21NO. The maximum Gasteiger partial charge on any atom is 0.105 e. The smallest absolute Gasteiger partial charge is 0.105 e. The van der Waals surface area contributed by atoms with Crippen molar-refractivity contribution in [3.8, 4) is 0 Å². The van der Waals surface area contributed by atoms with Crippen LogP contribution in [-0.4, -0.2) is 12.8 Å². The molecule has 2 heteroatoms. The summed E-state index contributed by atoms with van der Waals surface area (Å²) in [4.78, 5) is 0. The molecule has 0 bridgehead atoms. The van der Waals surface area contributed by atoms with Crippen LogP contribution in [0, 0.1) is 6.92 Å². The summed E-state index contributed by atoms with van der Waals surface area (Å²) >= 11 is 0. The molecular weight excluding hydrogens is 186 g/mol. The Morgan fingerprint density at radius 1 is 1.20 bits per heavy atom. The lowest BCUT2D eigenvalue weighted by molar-refractivity contribution is 0.115. The molecule has 0 aromatic heterocycles. The zero-order chi connectivity index (χ0) is 11.3. The molecule has 1 aromatic carbocycles. The molecule has 2 atom stereocenters. The number of aryl methyl sites for hydroxylation is 1. The van der Waals surface area contributed by atoms with Gasteiger partial charge in [-0.15, -0.1) is 0 Å². The fourth-order valence-electron chi connectivity index (χ4n) is 1.61. The van der Waals surface area contributed by atoms with Gasteiger partial charge in [0.25, 0.3) is 0 Å². The number of nitrogens with one attached hydrogen (secondary N) is 1. The quantitative estimate of drug-likeness (QED) is 0.764. The average molecular weight is 207 g/mol. The highest BCUT2D eigenvalue weighted by Gasteiger charge is 2.21. The number of hydrogen-bond acceptors (Lipinski definition) is 2. The van der Waals surface area contributed by atoms with Gasteiger partial charge >= 0.3 is 0 Å². The predicted octanol–water partition coefficient (Wildman–Crippen LogP) is 3.03. The van der Waals surface area contributed by atoms with E-state index in [0.717, 1.165) is 6.61 Å². The van der Waals surface area contributed by atoms with E-state index in [4.69, 9.17) is 4.74 Å². The lowest BCUT2D eigenvalue weighted by Gasteiger charge is -2.09. The first kappa shape index (κ1) is 12.2. The Labute approximate surface area is 92.6 Å². The highest BCUT2D eigenvalue weighted by molar-refractivity contribution is 5.24. The molecule has 84 valence electrons. The first-order valence-corrected chi connectivity index (χ1v) is 5.70. The third-order valence-corrected chi connectivity index (χ3v) is 2.43. The fourth-order valence-corrected chi connectivity index (χ4v) is 1.61. The molecule has 0 spiro atoms. The van der Waals surface area contributed by atoms with Gasteiger partial charge in [0.1, 0.15) is 6.23 Å². The van der Waals surface area contributed by atoms with Gasteiger partial charge in [-0.3, -0.25) is 5.32 Å². The van der Waals surface area contributed by atoms with Crippen molar-refractivity contribution in [3.05, 3.63) is 35.4 Å². The summed E-state index contributed by atoms with van der Waals surface area (Å²) in [5, 5.41) is 3.37. The van der Waals surface area contributed by atoms with E-state index >= 15 is 0 Å². The Morgan fingerprint density at radius 3 is 2.27 bits per heavy atom. The Kier molecular flexibility index (Phi) is 4.79. The van der Waals surface area contributed by atoms with E-state index in [1.807, 2.05) is 20.8 Å². The lowest BCUT2D eigenvalue weighted by atomic mass is 10.1. The summed E-state index contributed by atoms with van der Waals surface area (Å²) in [6, 6.07) is 8.97. The fraction of sp³-hybridized carbons (Fsp3) is 0.538. The van der Waals surface area contributed by atoms with Crippen LogP contribution in [0.25, 0.3) is 0 Å². The van der Waals surface area contributed by atoms with Crippen molar-refractivity contribution in [1.29, 1.82) is 0 Å². The summed E-state index contributed by atoms with van der Waals surface area (Å²) in [7, 11) is 0. The first-order chi connectivity index (χ1) is 7.25. The molecule has 0 aliphatic carbocycles. The van der Waals surface area contributed by atoms with Crippen molar-refractivity contribution in [2.45, 2.75) is 40.0 Å². The third kappa shape index (κ3) is 3.33. The van der Waals surface area contributed by atoms with Gasteiger partial charge in [-0.25, -0.2) is 0 Å². The lowest BCUT2D eigenvalue weighted by Crippen LogP contribution is -2.21. The first-order valence-electron chi connectivity index (χ1n) is 5.70. The van der Waals surface area contributed by atoms with Crippen molar-refractivity contribution < 1.29 is 4.74 Å². The Bertz CT molecular complexity index is 281. The minimum Gasteiger partial charge on any atom is -0.362 e. The van der Waals surface area contributed by atoms with Gasteiger partial charge in [-0.1, -0.05) is 43.7 Å². The highest BCUT2D eigenvalue weighted by atomic mass is 16.5.